The number of carbonyl (C=O) groups is 3. The molecule has 0 radical (unpaired) electrons. The minimum Gasteiger partial charge on any atom is -0.497 e. The lowest BCUT2D eigenvalue weighted by Crippen LogP contribution is -2.42. The van der Waals surface area contributed by atoms with E-state index in [1.165, 1.54) is 4.90 Å². The van der Waals surface area contributed by atoms with E-state index in [9.17, 15) is 14.4 Å². The van der Waals surface area contributed by atoms with Gasteiger partial charge in [0.05, 0.1) is 30.7 Å². The summed E-state index contributed by atoms with van der Waals surface area (Å²) >= 11 is 0. The number of benzene rings is 2. The standard InChI is InChI=1S/C21H20N2O4/c1-27-16-8-6-14(7-9-16)12-19(24)22-11-10-15(13-22)23-20(25)17-4-2-3-5-18(17)21(23)26/h2-9,15H,10-13H2,1H3. The molecule has 0 N–H and O–H groups in total. The van der Waals surface area contributed by atoms with Crippen LogP contribution >= 0.6 is 0 Å². The Morgan fingerprint density at radius 1 is 1.04 bits per heavy atom. The maximum Gasteiger partial charge on any atom is 0.261 e. The molecule has 1 fully saturated rings. The lowest BCUT2D eigenvalue weighted by molar-refractivity contribution is -0.129. The van der Waals surface area contributed by atoms with Crippen LogP contribution in [0.3, 0.4) is 0 Å². The molecule has 138 valence electrons. The van der Waals surface area contributed by atoms with Gasteiger partial charge in [-0.1, -0.05) is 24.3 Å². The number of carbonyl (C=O) groups excluding carboxylic acids is 3. The molecule has 2 aliphatic rings. The first-order valence-corrected chi connectivity index (χ1v) is 8.96. The summed E-state index contributed by atoms with van der Waals surface area (Å²) in [7, 11) is 1.60. The van der Waals surface area contributed by atoms with Gasteiger partial charge in [-0.2, -0.15) is 0 Å². The van der Waals surface area contributed by atoms with Crippen molar-refractivity contribution in [2.75, 3.05) is 20.2 Å². The molecule has 2 aromatic carbocycles. The van der Waals surface area contributed by atoms with Crippen LogP contribution < -0.4 is 4.74 Å². The molecule has 0 aliphatic carbocycles. The van der Waals surface area contributed by atoms with Gasteiger partial charge in [0.1, 0.15) is 5.75 Å². The van der Waals surface area contributed by atoms with Gasteiger partial charge in [0.15, 0.2) is 0 Å². The average Bonchev–Trinajstić information content (AvgIpc) is 3.26. The van der Waals surface area contributed by atoms with Gasteiger partial charge in [-0.25, -0.2) is 0 Å². The fraction of sp³-hybridized carbons (Fsp3) is 0.286. The van der Waals surface area contributed by atoms with E-state index in [0.29, 0.717) is 37.1 Å². The van der Waals surface area contributed by atoms with Crippen LogP contribution in [0.1, 0.15) is 32.7 Å². The third kappa shape index (κ3) is 3.07. The second-order valence-electron chi connectivity index (χ2n) is 6.83. The van der Waals surface area contributed by atoms with Gasteiger partial charge in [-0.3, -0.25) is 19.3 Å². The zero-order valence-electron chi connectivity index (χ0n) is 15.1. The Morgan fingerprint density at radius 3 is 2.26 bits per heavy atom. The quantitative estimate of drug-likeness (QED) is 0.780. The zero-order valence-corrected chi connectivity index (χ0v) is 15.1. The van der Waals surface area contributed by atoms with Crippen LogP contribution in [0.2, 0.25) is 0 Å². The average molecular weight is 364 g/mol. The van der Waals surface area contributed by atoms with Crippen molar-refractivity contribution < 1.29 is 19.1 Å². The van der Waals surface area contributed by atoms with Gasteiger partial charge in [0.25, 0.3) is 11.8 Å². The molecule has 4 rings (SSSR count). The highest BCUT2D eigenvalue weighted by Crippen LogP contribution is 2.28. The minimum atomic E-state index is -0.266. The Balaban J connectivity index is 1.42. The normalized spacial score (nSPS) is 18.8. The van der Waals surface area contributed by atoms with E-state index >= 15 is 0 Å². The molecule has 0 bridgehead atoms. The van der Waals surface area contributed by atoms with E-state index in [4.69, 9.17) is 4.74 Å². The Labute approximate surface area is 157 Å². The Kier molecular flexibility index (Phi) is 4.39. The van der Waals surface area contributed by atoms with E-state index in [1.807, 2.05) is 24.3 Å². The first-order chi connectivity index (χ1) is 13.1. The van der Waals surface area contributed by atoms with Gasteiger partial charge in [-0.05, 0) is 36.2 Å². The molecular weight excluding hydrogens is 344 g/mol. The fourth-order valence-corrected chi connectivity index (χ4v) is 3.75. The van der Waals surface area contributed by atoms with Crippen molar-refractivity contribution in [2.45, 2.75) is 18.9 Å². The van der Waals surface area contributed by atoms with Crippen LogP contribution in [0, 0.1) is 0 Å². The van der Waals surface area contributed by atoms with Crippen molar-refractivity contribution in [2.24, 2.45) is 0 Å². The van der Waals surface area contributed by atoms with Crippen LogP contribution in [0.5, 0.6) is 5.75 Å². The molecule has 1 unspecified atom stereocenters. The molecule has 0 aromatic heterocycles. The lowest BCUT2D eigenvalue weighted by Gasteiger charge is -2.22. The van der Waals surface area contributed by atoms with E-state index in [2.05, 4.69) is 0 Å². The number of fused-ring (bicyclic) bond motifs is 1. The maximum absolute atomic E-state index is 12.6. The second kappa shape index (κ2) is 6.87. The van der Waals surface area contributed by atoms with E-state index in [0.717, 1.165) is 11.3 Å². The first kappa shape index (κ1) is 17.3. The summed E-state index contributed by atoms with van der Waals surface area (Å²) < 4.78 is 5.13. The van der Waals surface area contributed by atoms with Crippen molar-refractivity contribution in [1.29, 1.82) is 0 Å². The van der Waals surface area contributed by atoms with Crippen molar-refractivity contribution in [1.82, 2.24) is 9.80 Å². The number of likely N-dealkylation sites (tertiary alicyclic amines) is 1. The minimum absolute atomic E-state index is 0.000670. The monoisotopic (exact) mass is 364 g/mol. The number of imide groups is 1. The van der Waals surface area contributed by atoms with Gasteiger partial charge < -0.3 is 9.64 Å². The number of amides is 3. The van der Waals surface area contributed by atoms with E-state index in [-0.39, 0.29) is 23.8 Å². The van der Waals surface area contributed by atoms with E-state index in [1.54, 1.807) is 36.3 Å². The van der Waals surface area contributed by atoms with E-state index < -0.39 is 0 Å². The van der Waals surface area contributed by atoms with Crippen LogP contribution in [0.15, 0.2) is 48.5 Å². The number of hydrogen-bond donors (Lipinski definition) is 0. The molecule has 3 amide bonds. The highest BCUT2D eigenvalue weighted by molar-refractivity contribution is 6.21. The van der Waals surface area contributed by atoms with Crippen LogP contribution in [0.25, 0.3) is 0 Å². The number of rotatable bonds is 4. The van der Waals surface area contributed by atoms with Gasteiger partial charge in [0, 0.05) is 13.1 Å². The number of ether oxygens (including phenoxy) is 1. The lowest BCUT2D eigenvalue weighted by atomic mass is 10.1. The van der Waals surface area contributed by atoms with Gasteiger partial charge in [-0.15, -0.1) is 0 Å². The smallest absolute Gasteiger partial charge is 0.261 e. The van der Waals surface area contributed by atoms with Gasteiger partial charge >= 0.3 is 0 Å². The molecular formula is C21H20N2O4. The molecule has 2 aliphatic heterocycles. The largest absolute Gasteiger partial charge is 0.497 e. The third-order valence-corrected chi connectivity index (χ3v) is 5.22. The third-order valence-electron chi connectivity index (χ3n) is 5.22. The molecule has 2 aromatic rings. The SMILES string of the molecule is COc1ccc(CC(=O)N2CCC(N3C(=O)c4ccccc4C3=O)C2)cc1. The highest BCUT2D eigenvalue weighted by Gasteiger charge is 2.42. The molecule has 2 heterocycles. The summed E-state index contributed by atoms with van der Waals surface area (Å²) in [5.41, 5.74) is 1.81. The van der Waals surface area contributed by atoms with Crippen molar-refractivity contribution >= 4 is 17.7 Å². The summed E-state index contributed by atoms with van der Waals surface area (Å²) in [4.78, 5) is 40.9. The van der Waals surface area contributed by atoms with Crippen molar-refractivity contribution in [3.8, 4) is 5.75 Å². The van der Waals surface area contributed by atoms with Crippen LogP contribution in [-0.4, -0.2) is 53.8 Å². The summed E-state index contributed by atoms with van der Waals surface area (Å²) in [6, 6.07) is 14.0. The number of nitrogens with zero attached hydrogens (tertiary/aromatic N) is 2. The summed E-state index contributed by atoms with van der Waals surface area (Å²) in [6.45, 7) is 0.938. The molecule has 0 saturated carbocycles. The Morgan fingerprint density at radius 2 is 1.67 bits per heavy atom. The molecule has 6 nitrogen and oxygen atoms in total. The topological polar surface area (TPSA) is 66.9 Å². The number of methoxy groups -OCH3 is 1. The van der Waals surface area contributed by atoms with Crippen LogP contribution in [-0.2, 0) is 11.2 Å². The Hall–Kier alpha value is -3.15. The second-order valence-corrected chi connectivity index (χ2v) is 6.83. The van der Waals surface area contributed by atoms with Crippen molar-refractivity contribution in [3.05, 3.63) is 65.2 Å². The molecule has 1 atom stereocenters. The predicted octanol–water partition coefficient (Wildman–Crippen LogP) is 2.13. The summed E-state index contributed by atoms with van der Waals surface area (Å²) in [6.07, 6.45) is 0.901. The Bertz CT molecular complexity index is 872. The number of hydrogen-bond acceptors (Lipinski definition) is 4. The molecule has 0 spiro atoms. The van der Waals surface area contributed by atoms with Gasteiger partial charge in [0.2, 0.25) is 5.91 Å². The first-order valence-electron chi connectivity index (χ1n) is 8.96. The highest BCUT2D eigenvalue weighted by atomic mass is 16.5. The molecule has 27 heavy (non-hydrogen) atoms. The predicted molar refractivity (Wildman–Crippen MR) is 98.6 cm³/mol. The summed E-state index contributed by atoms with van der Waals surface area (Å²) in [5.74, 6) is 0.229. The van der Waals surface area contributed by atoms with Crippen LogP contribution in [0.4, 0.5) is 0 Å². The summed E-state index contributed by atoms with van der Waals surface area (Å²) in [5, 5.41) is 0. The fourth-order valence-electron chi connectivity index (χ4n) is 3.75. The molecule has 6 heteroatoms. The molecule has 1 saturated heterocycles. The van der Waals surface area contributed by atoms with Crippen molar-refractivity contribution in [3.63, 3.8) is 0 Å². The zero-order chi connectivity index (χ0) is 19.0. The maximum atomic E-state index is 12.6.